The molecule has 2 aromatic rings. The molecule has 0 spiro atoms. The number of hydrogen-bond acceptors (Lipinski definition) is 4. The normalized spacial score (nSPS) is 15.1. The standard InChI is InChI=1S/C20H22BrFN2O4S/c21-16-6-9-19(18(22)12-16)28-14-20(25)23-13-15-4-7-17(8-5-15)29(26,27)24-10-2-1-3-11-24/h4-9,12H,1-3,10-11,13-14H2,(H,23,25). The minimum absolute atomic E-state index is 0.00405. The lowest BCUT2D eigenvalue weighted by molar-refractivity contribution is -0.123. The van der Waals surface area contributed by atoms with E-state index in [1.165, 1.54) is 16.4 Å². The van der Waals surface area contributed by atoms with E-state index in [1.807, 2.05) is 0 Å². The number of rotatable bonds is 7. The van der Waals surface area contributed by atoms with E-state index in [2.05, 4.69) is 21.2 Å². The van der Waals surface area contributed by atoms with Crippen molar-refractivity contribution in [3.63, 3.8) is 0 Å². The summed E-state index contributed by atoms with van der Waals surface area (Å²) >= 11 is 3.15. The van der Waals surface area contributed by atoms with Gasteiger partial charge in [-0.2, -0.15) is 4.31 Å². The lowest BCUT2D eigenvalue weighted by Gasteiger charge is -2.25. The first-order valence-corrected chi connectivity index (χ1v) is 11.5. The molecule has 1 fully saturated rings. The number of piperidine rings is 1. The molecule has 9 heteroatoms. The summed E-state index contributed by atoms with van der Waals surface area (Å²) in [6, 6.07) is 10.8. The first-order valence-electron chi connectivity index (χ1n) is 9.30. The third-order valence-electron chi connectivity index (χ3n) is 4.62. The minimum Gasteiger partial charge on any atom is -0.481 e. The monoisotopic (exact) mass is 484 g/mol. The van der Waals surface area contributed by atoms with Crippen molar-refractivity contribution in [1.29, 1.82) is 0 Å². The largest absolute Gasteiger partial charge is 0.481 e. The molecule has 1 heterocycles. The number of carbonyl (C=O) groups is 1. The van der Waals surface area contributed by atoms with Crippen LogP contribution in [0.5, 0.6) is 5.75 Å². The van der Waals surface area contributed by atoms with Crippen LogP contribution in [0.15, 0.2) is 51.8 Å². The van der Waals surface area contributed by atoms with Crippen LogP contribution in [0, 0.1) is 5.82 Å². The van der Waals surface area contributed by atoms with E-state index >= 15 is 0 Å². The third-order valence-corrected chi connectivity index (χ3v) is 7.02. The number of hydrogen-bond donors (Lipinski definition) is 1. The molecule has 1 amide bonds. The third kappa shape index (κ3) is 5.77. The Morgan fingerprint density at radius 1 is 1.10 bits per heavy atom. The van der Waals surface area contributed by atoms with Gasteiger partial charge < -0.3 is 10.1 Å². The molecule has 0 aromatic heterocycles. The topological polar surface area (TPSA) is 75.7 Å². The van der Waals surface area contributed by atoms with Gasteiger partial charge >= 0.3 is 0 Å². The predicted octanol–water partition coefficient (Wildman–Crippen LogP) is 3.46. The Morgan fingerprint density at radius 2 is 1.79 bits per heavy atom. The van der Waals surface area contributed by atoms with Crippen molar-refractivity contribution < 1.29 is 22.3 Å². The zero-order valence-electron chi connectivity index (χ0n) is 15.7. The van der Waals surface area contributed by atoms with Gasteiger partial charge in [0.2, 0.25) is 10.0 Å². The van der Waals surface area contributed by atoms with Crippen molar-refractivity contribution in [3.05, 3.63) is 58.3 Å². The van der Waals surface area contributed by atoms with Gasteiger partial charge in [0.15, 0.2) is 18.2 Å². The lowest BCUT2D eigenvalue weighted by Crippen LogP contribution is -2.35. The van der Waals surface area contributed by atoms with Gasteiger partial charge in [-0.3, -0.25) is 4.79 Å². The van der Waals surface area contributed by atoms with Crippen LogP contribution in [-0.4, -0.2) is 38.3 Å². The van der Waals surface area contributed by atoms with Crippen LogP contribution in [-0.2, 0) is 21.4 Å². The second-order valence-corrected chi connectivity index (χ2v) is 9.60. The Labute approximate surface area is 178 Å². The van der Waals surface area contributed by atoms with Gasteiger partial charge in [-0.25, -0.2) is 12.8 Å². The van der Waals surface area contributed by atoms with Crippen LogP contribution in [0.3, 0.4) is 0 Å². The van der Waals surface area contributed by atoms with Crippen LogP contribution in [0.2, 0.25) is 0 Å². The van der Waals surface area contributed by atoms with Crippen LogP contribution < -0.4 is 10.1 Å². The molecular formula is C20H22BrFN2O4S. The van der Waals surface area contributed by atoms with Gasteiger partial charge in [0.1, 0.15) is 0 Å². The van der Waals surface area contributed by atoms with Gasteiger partial charge in [-0.1, -0.05) is 34.5 Å². The Morgan fingerprint density at radius 3 is 2.45 bits per heavy atom. The molecule has 0 radical (unpaired) electrons. The SMILES string of the molecule is O=C(COc1ccc(Br)cc1F)NCc1ccc(S(=O)(=O)N2CCCCC2)cc1. The maximum Gasteiger partial charge on any atom is 0.258 e. The molecular weight excluding hydrogens is 463 g/mol. The molecule has 0 unspecified atom stereocenters. The molecule has 3 rings (SSSR count). The highest BCUT2D eigenvalue weighted by Gasteiger charge is 2.25. The van der Waals surface area contributed by atoms with E-state index in [0.29, 0.717) is 17.6 Å². The zero-order chi connectivity index (χ0) is 20.9. The smallest absolute Gasteiger partial charge is 0.258 e. The Kier molecular flexibility index (Phi) is 7.26. The van der Waals surface area contributed by atoms with Gasteiger partial charge in [0.05, 0.1) is 4.90 Å². The van der Waals surface area contributed by atoms with E-state index in [4.69, 9.17) is 4.74 Å². The zero-order valence-corrected chi connectivity index (χ0v) is 18.1. The molecule has 0 bridgehead atoms. The van der Waals surface area contributed by atoms with Crippen molar-refractivity contribution in [2.45, 2.75) is 30.7 Å². The fourth-order valence-corrected chi connectivity index (χ4v) is 4.87. The molecule has 0 saturated carbocycles. The van der Waals surface area contributed by atoms with Gasteiger partial charge in [-0.05, 0) is 48.7 Å². The summed E-state index contributed by atoms with van der Waals surface area (Å²) in [4.78, 5) is 12.2. The minimum atomic E-state index is -3.47. The van der Waals surface area contributed by atoms with Crippen molar-refractivity contribution in [2.24, 2.45) is 0 Å². The van der Waals surface area contributed by atoms with E-state index < -0.39 is 21.7 Å². The second kappa shape index (κ2) is 9.69. The van der Waals surface area contributed by atoms with Crippen LogP contribution in [0.1, 0.15) is 24.8 Å². The van der Waals surface area contributed by atoms with E-state index in [-0.39, 0.29) is 23.8 Å². The van der Waals surface area contributed by atoms with Gasteiger partial charge in [0.25, 0.3) is 5.91 Å². The summed E-state index contributed by atoms with van der Waals surface area (Å²) in [7, 11) is -3.47. The fourth-order valence-electron chi connectivity index (χ4n) is 3.02. The first kappa shape index (κ1) is 21.7. The number of halogens is 2. The number of sulfonamides is 1. The van der Waals surface area contributed by atoms with Crippen LogP contribution >= 0.6 is 15.9 Å². The summed E-state index contributed by atoms with van der Waals surface area (Å²) < 4.78 is 46.2. The molecule has 0 aliphatic carbocycles. The average molecular weight is 485 g/mol. The maximum atomic E-state index is 13.7. The van der Waals surface area contributed by atoms with E-state index in [0.717, 1.165) is 24.8 Å². The lowest BCUT2D eigenvalue weighted by atomic mass is 10.2. The molecule has 6 nitrogen and oxygen atoms in total. The Balaban J connectivity index is 1.51. The summed E-state index contributed by atoms with van der Waals surface area (Å²) in [5.41, 5.74) is 0.755. The van der Waals surface area contributed by atoms with Crippen LogP contribution in [0.25, 0.3) is 0 Å². The molecule has 1 saturated heterocycles. The number of carbonyl (C=O) groups excluding carboxylic acids is 1. The van der Waals surface area contributed by atoms with E-state index in [1.54, 1.807) is 30.3 Å². The second-order valence-electron chi connectivity index (χ2n) is 6.75. The van der Waals surface area contributed by atoms with Crippen molar-refractivity contribution in [1.82, 2.24) is 9.62 Å². The fraction of sp³-hybridized carbons (Fsp3) is 0.350. The van der Waals surface area contributed by atoms with Crippen molar-refractivity contribution in [2.75, 3.05) is 19.7 Å². The quantitative estimate of drug-likeness (QED) is 0.652. The number of nitrogens with zero attached hydrogens (tertiary/aromatic N) is 1. The number of nitrogens with one attached hydrogen (secondary N) is 1. The molecule has 0 atom stereocenters. The molecule has 156 valence electrons. The van der Waals surface area contributed by atoms with Crippen molar-refractivity contribution in [3.8, 4) is 5.75 Å². The molecule has 2 aromatic carbocycles. The number of benzene rings is 2. The van der Waals surface area contributed by atoms with Crippen molar-refractivity contribution >= 4 is 31.9 Å². The average Bonchev–Trinajstić information content (AvgIpc) is 2.72. The molecule has 1 N–H and O–H groups in total. The van der Waals surface area contributed by atoms with Gasteiger partial charge in [0, 0.05) is 24.1 Å². The van der Waals surface area contributed by atoms with Crippen LogP contribution in [0.4, 0.5) is 4.39 Å². The summed E-state index contributed by atoms with van der Waals surface area (Å²) in [5.74, 6) is -0.967. The molecule has 1 aliphatic heterocycles. The highest BCUT2D eigenvalue weighted by molar-refractivity contribution is 9.10. The predicted molar refractivity (Wildman–Crippen MR) is 110 cm³/mol. The Bertz CT molecular complexity index is 961. The number of ether oxygens (including phenoxy) is 1. The summed E-state index contributed by atoms with van der Waals surface area (Å²) in [6.07, 6.45) is 2.83. The Hall–Kier alpha value is -1.97. The highest BCUT2D eigenvalue weighted by atomic mass is 79.9. The maximum absolute atomic E-state index is 13.7. The molecule has 29 heavy (non-hydrogen) atoms. The highest BCUT2D eigenvalue weighted by Crippen LogP contribution is 2.22. The molecule has 1 aliphatic rings. The summed E-state index contributed by atoms with van der Waals surface area (Å²) in [5, 5.41) is 2.67. The first-order chi connectivity index (χ1) is 13.9. The number of amides is 1. The summed E-state index contributed by atoms with van der Waals surface area (Å²) in [6.45, 7) is 1.01. The van der Waals surface area contributed by atoms with E-state index in [9.17, 15) is 17.6 Å². The van der Waals surface area contributed by atoms with Gasteiger partial charge in [-0.15, -0.1) is 0 Å².